The first-order chi connectivity index (χ1) is 22.7. The van der Waals surface area contributed by atoms with Crippen molar-refractivity contribution in [1.82, 2.24) is 16.0 Å². The number of primary amides is 1. The van der Waals surface area contributed by atoms with Gasteiger partial charge < -0.3 is 26.6 Å². The number of alkyl halides is 3. The van der Waals surface area contributed by atoms with E-state index in [2.05, 4.69) is 16.0 Å². The number of hydrogen-bond donors (Lipinski definition) is 5. The van der Waals surface area contributed by atoms with Gasteiger partial charge in [0, 0.05) is 12.0 Å². The van der Waals surface area contributed by atoms with Crippen molar-refractivity contribution >= 4 is 37.1 Å². The van der Waals surface area contributed by atoms with E-state index in [1.807, 2.05) is 30.3 Å². The van der Waals surface area contributed by atoms with Crippen LogP contribution in [0.3, 0.4) is 0 Å². The topological polar surface area (TPSA) is 168 Å². The molecule has 0 radical (unpaired) electrons. The molecule has 0 saturated heterocycles. The van der Waals surface area contributed by atoms with Crippen LogP contribution in [0.2, 0.25) is 0 Å². The second kappa shape index (κ2) is 17.4. The first-order valence-corrected chi connectivity index (χ1v) is 17.0. The number of carbonyl (C=O) groups excluding carboxylic acids is 4. The SMILES string of the molecule is CCC[C@H](NC(=O)CP(=O)(O)C(Cc1ccccc1)NC(=O)c1cccc(C(F)(F)F)c1)C(=O)N[C@@H](C/C=C/c1ccccc1)C(N)=O. The number of amides is 4. The van der Waals surface area contributed by atoms with Gasteiger partial charge in [-0.05, 0) is 42.2 Å². The molecule has 0 heterocycles. The monoisotopic (exact) mass is 686 g/mol. The third-order valence-corrected chi connectivity index (χ3v) is 9.28. The number of benzene rings is 3. The second-order valence-corrected chi connectivity index (χ2v) is 13.5. The van der Waals surface area contributed by atoms with Crippen LogP contribution in [-0.4, -0.2) is 52.6 Å². The summed E-state index contributed by atoms with van der Waals surface area (Å²) in [4.78, 5) is 62.4. The van der Waals surface area contributed by atoms with Gasteiger partial charge in [-0.2, -0.15) is 13.2 Å². The largest absolute Gasteiger partial charge is 0.416 e. The van der Waals surface area contributed by atoms with Crippen molar-refractivity contribution in [3.63, 3.8) is 0 Å². The van der Waals surface area contributed by atoms with E-state index >= 15 is 0 Å². The quantitative estimate of drug-likeness (QED) is 0.138. The van der Waals surface area contributed by atoms with Crippen molar-refractivity contribution in [3.05, 3.63) is 113 Å². The van der Waals surface area contributed by atoms with E-state index in [-0.39, 0.29) is 19.3 Å². The highest BCUT2D eigenvalue weighted by Crippen LogP contribution is 2.46. The van der Waals surface area contributed by atoms with Crippen LogP contribution in [0.5, 0.6) is 0 Å². The van der Waals surface area contributed by atoms with Crippen molar-refractivity contribution in [2.24, 2.45) is 5.73 Å². The fraction of sp³-hybridized carbons (Fsp3) is 0.294. The van der Waals surface area contributed by atoms with E-state index in [4.69, 9.17) is 5.73 Å². The Morgan fingerprint density at radius 2 is 1.54 bits per heavy atom. The highest BCUT2D eigenvalue weighted by atomic mass is 31.2. The van der Waals surface area contributed by atoms with Crippen molar-refractivity contribution in [1.29, 1.82) is 0 Å². The predicted octanol–water partition coefficient (Wildman–Crippen LogP) is 4.63. The molecule has 3 rings (SSSR count). The van der Waals surface area contributed by atoms with Gasteiger partial charge in [0.2, 0.25) is 25.1 Å². The maximum absolute atomic E-state index is 13.7. The lowest BCUT2D eigenvalue weighted by Crippen LogP contribution is -2.53. The second-order valence-electron chi connectivity index (χ2n) is 11.1. The molecule has 0 aliphatic heterocycles. The van der Waals surface area contributed by atoms with Crippen molar-refractivity contribution in [2.45, 2.75) is 56.6 Å². The molecule has 256 valence electrons. The molecule has 3 aromatic rings. The first kappa shape index (κ1) is 37.7. The summed E-state index contributed by atoms with van der Waals surface area (Å²) >= 11 is 0. The minimum atomic E-state index is -4.72. The van der Waals surface area contributed by atoms with Crippen LogP contribution in [0, 0.1) is 0 Å². The zero-order chi connectivity index (χ0) is 35.3. The fourth-order valence-corrected chi connectivity index (χ4v) is 6.28. The fourth-order valence-electron chi connectivity index (χ4n) is 4.74. The lowest BCUT2D eigenvalue weighted by molar-refractivity contribution is -0.137. The molecule has 0 aromatic heterocycles. The standard InChI is InChI=1S/C34H38F3N4O6P/c1-2-11-28(33(45)40-27(31(38)43)19-9-16-23-12-5-3-6-13-23)39-29(42)22-48(46,47)30(20-24-14-7-4-8-15-24)41-32(44)25-17-10-18-26(21-25)34(35,36)37/h3-10,12-18,21,27-28,30H,2,11,19-20,22H2,1H3,(H2,38,43)(H,39,42)(H,40,45)(H,41,44)(H,46,47)/b16-9+/t27-,28-,30?/m0/s1. The van der Waals surface area contributed by atoms with E-state index in [0.717, 1.165) is 23.8 Å². The Hall–Kier alpha value is -4.74. The van der Waals surface area contributed by atoms with Gasteiger partial charge in [-0.3, -0.25) is 23.7 Å². The molecule has 0 aliphatic rings. The molecule has 0 aliphatic carbocycles. The molecule has 0 saturated carbocycles. The molecule has 14 heteroatoms. The highest BCUT2D eigenvalue weighted by molar-refractivity contribution is 7.59. The molecule has 48 heavy (non-hydrogen) atoms. The van der Waals surface area contributed by atoms with Gasteiger partial charge in [-0.1, -0.05) is 92.2 Å². The van der Waals surface area contributed by atoms with Crippen molar-refractivity contribution in [3.8, 4) is 0 Å². The third-order valence-electron chi connectivity index (χ3n) is 7.25. The van der Waals surface area contributed by atoms with Crippen LogP contribution in [-0.2, 0) is 31.5 Å². The van der Waals surface area contributed by atoms with E-state index in [1.54, 1.807) is 49.4 Å². The molecular formula is C34H38F3N4O6P. The normalized spacial score (nSPS) is 14.7. The number of hydrogen-bond acceptors (Lipinski definition) is 5. The summed E-state index contributed by atoms with van der Waals surface area (Å²) in [5.74, 6) is -5.13. The summed E-state index contributed by atoms with van der Waals surface area (Å²) in [6.45, 7) is 1.75. The molecular weight excluding hydrogens is 648 g/mol. The van der Waals surface area contributed by atoms with Crippen LogP contribution in [0.1, 0.15) is 53.2 Å². The van der Waals surface area contributed by atoms with E-state index in [1.165, 1.54) is 0 Å². The van der Waals surface area contributed by atoms with E-state index in [0.29, 0.717) is 18.1 Å². The summed E-state index contributed by atoms with van der Waals surface area (Å²) < 4.78 is 53.4. The molecule has 6 N–H and O–H groups in total. The maximum atomic E-state index is 13.7. The smallest absolute Gasteiger partial charge is 0.368 e. The van der Waals surface area contributed by atoms with Gasteiger partial charge in [0.25, 0.3) is 5.91 Å². The Kier molecular flexibility index (Phi) is 13.7. The van der Waals surface area contributed by atoms with Gasteiger partial charge in [0.15, 0.2) is 0 Å². The Morgan fingerprint density at radius 3 is 2.15 bits per heavy atom. The van der Waals surface area contributed by atoms with Crippen molar-refractivity contribution < 1.29 is 41.8 Å². The summed E-state index contributed by atoms with van der Waals surface area (Å²) in [5.41, 5.74) is 5.41. The molecule has 0 bridgehead atoms. The number of carbonyl (C=O) groups is 4. The minimum absolute atomic E-state index is 0.0708. The summed E-state index contributed by atoms with van der Waals surface area (Å²) in [5, 5.41) is 7.30. The van der Waals surface area contributed by atoms with Crippen LogP contribution in [0.4, 0.5) is 13.2 Å². The third kappa shape index (κ3) is 11.8. The van der Waals surface area contributed by atoms with E-state index < -0.39 is 72.3 Å². The van der Waals surface area contributed by atoms with E-state index in [9.17, 15) is 41.8 Å². The maximum Gasteiger partial charge on any atom is 0.416 e. The summed E-state index contributed by atoms with van der Waals surface area (Å²) in [6.07, 6.45) is -1.91. The van der Waals surface area contributed by atoms with Gasteiger partial charge in [-0.25, -0.2) is 0 Å². The Bertz CT molecular complexity index is 1640. The van der Waals surface area contributed by atoms with Crippen LogP contribution < -0.4 is 21.7 Å². The lowest BCUT2D eigenvalue weighted by Gasteiger charge is -2.26. The van der Waals surface area contributed by atoms with Gasteiger partial charge in [0.1, 0.15) is 24.0 Å². The average molecular weight is 687 g/mol. The zero-order valence-electron chi connectivity index (χ0n) is 26.2. The molecule has 3 aromatic carbocycles. The zero-order valence-corrected chi connectivity index (χ0v) is 27.0. The van der Waals surface area contributed by atoms with Crippen LogP contribution in [0.15, 0.2) is 91.0 Å². The summed E-state index contributed by atoms with van der Waals surface area (Å²) in [6, 6.07) is 18.8. The Balaban J connectivity index is 1.74. The van der Waals surface area contributed by atoms with Crippen LogP contribution >= 0.6 is 7.37 Å². The Labute approximate surface area is 276 Å². The lowest BCUT2D eigenvalue weighted by atomic mass is 10.1. The van der Waals surface area contributed by atoms with Crippen LogP contribution in [0.25, 0.3) is 6.08 Å². The number of rotatable bonds is 16. The number of nitrogens with one attached hydrogen (secondary N) is 3. The molecule has 10 nitrogen and oxygen atoms in total. The van der Waals surface area contributed by atoms with Crippen molar-refractivity contribution in [2.75, 3.05) is 6.16 Å². The first-order valence-electron chi connectivity index (χ1n) is 15.1. The van der Waals surface area contributed by atoms with Gasteiger partial charge in [0.05, 0.1) is 5.56 Å². The minimum Gasteiger partial charge on any atom is -0.368 e. The number of halogens is 3. The molecule has 2 unspecified atom stereocenters. The average Bonchev–Trinajstić information content (AvgIpc) is 3.04. The van der Waals surface area contributed by atoms with Gasteiger partial charge >= 0.3 is 6.18 Å². The predicted molar refractivity (Wildman–Crippen MR) is 176 cm³/mol. The van der Waals surface area contributed by atoms with Gasteiger partial charge in [-0.15, -0.1) is 0 Å². The molecule has 4 amide bonds. The Morgan fingerprint density at radius 1 is 0.896 bits per heavy atom. The molecule has 0 spiro atoms. The highest BCUT2D eigenvalue weighted by Gasteiger charge is 2.37. The number of nitrogens with two attached hydrogens (primary N) is 1. The molecule has 4 atom stereocenters. The summed E-state index contributed by atoms with van der Waals surface area (Å²) in [7, 11) is -4.62. The molecule has 0 fully saturated rings.